The van der Waals surface area contributed by atoms with E-state index in [1.807, 2.05) is 0 Å². The van der Waals surface area contributed by atoms with Gasteiger partial charge in [0, 0.05) is 25.7 Å². The number of carbonyl (C=O) groups is 4. The van der Waals surface area contributed by atoms with E-state index in [0.29, 0.717) is 37.5 Å². The van der Waals surface area contributed by atoms with E-state index in [9.17, 15) is 43.2 Å². The summed E-state index contributed by atoms with van der Waals surface area (Å²) in [5.74, 6) is 0.731. The van der Waals surface area contributed by atoms with Gasteiger partial charge in [0.05, 0.1) is 26.4 Å². The molecule has 19 heteroatoms. The van der Waals surface area contributed by atoms with E-state index in [1.165, 1.54) is 116 Å². The maximum absolute atomic E-state index is 13.0. The van der Waals surface area contributed by atoms with Crippen LogP contribution in [0.3, 0.4) is 0 Å². The average Bonchev–Trinajstić information content (AvgIpc) is 3.48. The number of phosphoric acid groups is 2. The van der Waals surface area contributed by atoms with Crippen molar-refractivity contribution < 1.29 is 80.2 Å². The van der Waals surface area contributed by atoms with Gasteiger partial charge in [0.25, 0.3) is 0 Å². The molecule has 3 N–H and O–H groups in total. The number of hydrogen-bond donors (Lipinski definition) is 3. The Morgan fingerprint density at radius 3 is 0.729 bits per heavy atom. The van der Waals surface area contributed by atoms with Crippen molar-refractivity contribution in [2.24, 2.45) is 23.7 Å². The van der Waals surface area contributed by atoms with Gasteiger partial charge < -0.3 is 33.8 Å². The van der Waals surface area contributed by atoms with Gasteiger partial charge in [-0.15, -0.1) is 0 Å². The highest BCUT2D eigenvalue weighted by Gasteiger charge is 2.30. The zero-order valence-electron chi connectivity index (χ0n) is 55.2. The number of aliphatic hydroxyl groups excluding tert-OH is 1. The quantitative estimate of drug-likeness (QED) is 0.0222. The number of ether oxygens (including phenoxy) is 4. The van der Waals surface area contributed by atoms with Crippen LogP contribution in [0.15, 0.2) is 0 Å². The monoisotopic (exact) mass is 1250 g/mol. The highest BCUT2D eigenvalue weighted by Crippen LogP contribution is 2.45. The van der Waals surface area contributed by atoms with Crippen LogP contribution < -0.4 is 0 Å². The molecule has 0 aliphatic rings. The number of esters is 4. The van der Waals surface area contributed by atoms with Crippen LogP contribution in [-0.4, -0.2) is 96.7 Å². The Bertz CT molecular complexity index is 1700. The second kappa shape index (κ2) is 56.1. The van der Waals surface area contributed by atoms with E-state index < -0.39 is 97.5 Å². The highest BCUT2D eigenvalue weighted by molar-refractivity contribution is 7.47. The summed E-state index contributed by atoms with van der Waals surface area (Å²) in [6.45, 7) is 13.9. The fourth-order valence-electron chi connectivity index (χ4n) is 9.78. The summed E-state index contributed by atoms with van der Waals surface area (Å²) < 4.78 is 68.0. The Kier molecular flexibility index (Phi) is 54.8. The molecule has 0 spiro atoms. The Morgan fingerprint density at radius 1 is 0.294 bits per heavy atom. The van der Waals surface area contributed by atoms with Gasteiger partial charge in [-0.05, 0) is 49.4 Å². The highest BCUT2D eigenvalue weighted by atomic mass is 31.2. The van der Waals surface area contributed by atoms with E-state index in [-0.39, 0.29) is 25.7 Å². The third-order valence-electron chi connectivity index (χ3n) is 15.1. The SMILES string of the molecule is CC(C)CCCCCCCCCCCCCC(=O)OC[C@H](COP(=O)(O)OC[C@@H](O)COP(=O)(O)OC[C@@H](COC(=O)CCCCCCCCC(C)C)OC(=O)CCCCCCCCCCCCC(C)C)OC(=O)CCCCCCCCC(C)C. The lowest BCUT2D eigenvalue weighted by atomic mass is 10.0. The minimum atomic E-state index is -4.95. The molecule has 0 saturated heterocycles. The van der Waals surface area contributed by atoms with Crippen LogP contribution in [0.1, 0.15) is 319 Å². The molecule has 0 saturated carbocycles. The van der Waals surface area contributed by atoms with Crippen molar-refractivity contribution in [3.8, 4) is 0 Å². The van der Waals surface area contributed by atoms with Gasteiger partial charge in [-0.25, -0.2) is 9.13 Å². The average molecular weight is 1260 g/mol. The standard InChI is InChI=1S/C66H128O17P2/c1-56(2)42-34-26-18-14-10-9-11-16-20-30-38-46-63(68)76-52-62(83-66(71)49-41-33-25-23-29-37-45-59(7)8)55-81-85(74,75)79-51-60(67)50-78-84(72,73)80-54-61(53-77-64(69)47-39-31-24-22-28-36-44-58(5)6)82-65(70)48-40-32-21-17-13-12-15-19-27-35-43-57(3)4/h56-62,67H,9-55H2,1-8H3,(H,72,73)(H,74,75)/t60-,61+,62+/m0/s1. The van der Waals surface area contributed by atoms with E-state index in [4.69, 9.17) is 37.0 Å². The largest absolute Gasteiger partial charge is 0.472 e. The Labute approximate surface area is 517 Å². The molecule has 0 aromatic heterocycles. The van der Waals surface area contributed by atoms with E-state index in [1.54, 1.807) is 0 Å². The van der Waals surface area contributed by atoms with E-state index in [2.05, 4.69) is 55.4 Å². The van der Waals surface area contributed by atoms with Gasteiger partial charge in [0.15, 0.2) is 12.2 Å². The van der Waals surface area contributed by atoms with Crippen LogP contribution >= 0.6 is 15.6 Å². The van der Waals surface area contributed by atoms with Crippen molar-refractivity contribution in [2.75, 3.05) is 39.6 Å². The van der Waals surface area contributed by atoms with Crippen LogP contribution in [0.25, 0.3) is 0 Å². The first kappa shape index (κ1) is 83.1. The smallest absolute Gasteiger partial charge is 0.462 e. The van der Waals surface area contributed by atoms with Gasteiger partial charge in [-0.1, -0.05) is 267 Å². The van der Waals surface area contributed by atoms with Crippen molar-refractivity contribution in [3.05, 3.63) is 0 Å². The first-order chi connectivity index (χ1) is 40.6. The zero-order valence-corrected chi connectivity index (χ0v) is 57.0. The summed E-state index contributed by atoms with van der Waals surface area (Å²) in [5, 5.41) is 10.5. The molecule has 0 aromatic carbocycles. The normalized spacial score (nSPS) is 14.4. The fourth-order valence-corrected chi connectivity index (χ4v) is 11.4. The van der Waals surface area contributed by atoms with Crippen LogP contribution in [0.2, 0.25) is 0 Å². The maximum Gasteiger partial charge on any atom is 0.472 e. The van der Waals surface area contributed by atoms with Gasteiger partial charge in [0.1, 0.15) is 19.3 Å². The lowest BCUT2D eigenvalue weighted by molar-refractivity contribution is -0.161. The first-order valence-electron chi connectivity index (χ1n) is 34.2. The maximum atomic E-state index is 13.0. The molecule has 0 amide bonds. The summed E-state index contributed by atoms with van der Waals surface area (Å²) in [4.78, 5) is 72.3. The number of phosphoric ester groups is 2. The van der Waals surface area contributed by atoms with Crippen molar-refractivity contribution in [1.29, 1.82) is 0 Å². The number of unbranched alkanes of at least 4 members (excludes halogenated alkanes) is 29. The molecule has 17 nitrogen and oxygen atoms in total. The molecule has 0 aliphatic heterocycles. The molecular formula is C66H128O17P2. The Balaban J connectivity index is 5.22. The molecule has 0 bridgehead atoms. The molecule has 0 heterocycles. The fraction of sp³-hybridized carbons (Fsp3) is 0.939. The van der Waals surface area contributed by atoms with Crippen molar-refractivity contribution in [2.45, 2.75) is 337 Å². The predicted molar refractivity (Wildman–Crippen MR) is 340 cm³/mol. The second-order valence-electron chi connectivity index (χ2n) is 25.8. The summed E-state index contributed by atoms with van der Waals surface area (Å²) in [6, 6.07) is 0. The third-order valence-corrected chi connectivity index (χ3v) is 17.0. The minimum Gasteiger partial charge on any atom is -0.462 e. The van der Waals surface area contributed by atoms with Crippen molar-refractivity contribution in [3.63, 3.8) is 0 Å². The molecule has 0 radical (unpaired) electrons. The number of aliphatic hydroxyl groups is 1. The molecule has 85 heavy (non-hydrogen) atoms. The first-order valence-corrected chi connectivity index (χ1v) is 37.2. The van der Waals surface area contributed by atoms with Gasteiger partial charge in [-0.3, -0.25) is 37.3 Å². The minimum absolute atomic E-state index is 0.101. The molecule has 5 atom stereocenters. The number of carbonyl (C=O) groups excluding carboxylic acids is 4. The summed E-state index contributed by atoms with van der Waals surface area (Å²) in [7, 11) is -9.89. The molecule has 0 rings (SSSR count). The second-order valence-corrected chi connectivity index (χ2v) is 28.7. The molecule has 0 fully saturated rings. The summed E-state index contributed by atoms with van der Waals surface area (Å²) >= 11 is 0. The van der Waals surface area contributed by atoms with Crippen LogP contribution in [0, 0.1) is 23.7 Å². The Hall–Kier alpha value is -1.94. The third kappa shape index (κ3) is 60.7. The lowest BCUT2D eigenvalue weighted by Crippen LogP contribution is -2.30. The molecule has 0 aliphatic carbocycles. The molecule has 504 valence electrons. The summed E-state index contributed by atoms with van der Waals surface area (Å²) in [5.41, 5.74) is 0. The van der Waals surface area contributed by atoms with E-state index >= 15 is 0 Å². The molecular weight excluding hydrogens is 1130 g/mol. The lowest BCUT2D eigenvalue weighted by Gasteiger charge is -2.21. The summed E-state index contributed by atoms with van der Waals surface area (Å²) in [6.07, 6.45) is 36.5. The number of hydrogen-bond acceptors (Lipinski definition) is 15. The Morgan fingerprint density at radius 2 is 0.494 bits per heavy atom. The van der Waals surface area contributed by atoms with Crippen LogP contribution in [0.4, 0.5) is 0 Å². The van der Waals surface area contributed by atoms with Gasteiger partial charge in [0.2, 0.25) is 0 Å². The van der Waals surface area contributed by atoms with Crippen LogP contribution in [0.5, 0.6) is 0 Å². The molecule has 2 unspecified atom stereocenters. The van der Waals surface area contributed by atoms with Gasteiger partial charge >= 0.3 is 39.5 Å². The molecule has 0 aromatic rings. The zero-order chi connectivity index (χ0) is 63.2. The van der Waals surface area contributed by atoms with Gasteiger partial charge in [-0.2, -0.15) is 0 Å². The number of rotatable bonds is 63. The van der Waals surface area contributed by atoms with Crippen molar-refractivity contribution in [1.82, 2.24) is 0 Å². The van der Waals surface area contributed by atoms with E-state index in [0.717, 1.165) is 108 Å². The van der Waals surface area contributed by atoms with Crippen molar-refractivity contribution >= 4 is 39.5 Å². The predicted octanol–water partition coefficient (Wildman–Crippen LogP) is 18.1. The topological polar surface area (TPSA) is 237 Å². The van der Waals surface area contributed by atoms with Crippen LogP contribution in [-0.2, 0) is 65.4 Å².